The van der Waals surface area contributed by atoms with Crippen LogP contribution in [0.15, 0.2) is 72.8 Å². The van der Waals surface area contributed by atoms with Crippen molar-refractivity contribution in [3.8, 4) is 0 Å². The van der Waals surface area contributed by atoms with Gasteiger partial charge in [-0.2, -0.15) is 0 Å². The molecule has 2 atom stereocenters. The van der Waals surface area contributed by atoms with Crippen LogP contribution in [0.5, 0.6) is 0 Å². The maximum Gasteiger partial charge on any atom is 0.328 e. The van der Waals surface area contributed by atoms with Crippen molar-refractivity contribution in [3.05, 3.63) is 83.9 Å². The molecule has 0 saturated carbocycles. The van der Waals surface area contributed by atoms with Gasteiger partial charge < -0.3 is 15.3 Å². The van der Waals surface area contributed by atoms with E-state index in [4.69, 9.17) is 16.1 Å². The van der Waals surface area contributed by atoms with Crippen molar-refractivity contribution in [2.75, 3.05) is 7.05 Å². The number of benzene rings is 2. The van der Waals surface area contributed by atoms with Gasteiger partial charge in [-0.05, 0) is 11.1 Å². The lowest BCUT2D eigenvalue weighted by atomic mass is 9.95. The van der Waals surface area contributed by atoms with Crippen LogP contribution in [0.3, 0.4) is 0 Å². The minimum absolute atomic E-state index is 0.256. The monoisotopic (exact) mass is 358 g/mol. The number of aliphatic carboxylic acids is 2. The summed E-state index contributed by atoms with van der Waals surface area (Å²) in [7, 11) is 1.77. The van der Waals surface area contributed by atoms with E-state index in [1.54, 1.807) is 12.1 Å². The quantitative estimate of drug-likeness (QED) is 0.353. The molecule has 138 valence electrons. The van der Waals surface area contributed by atoms with Gasteiger partial charge in [-0.15, -0.1) is 0 Å². The molecule has 0 bridgehead atoms. The maximum absolute atomic E-state index is 10.5. The minimum atomic E-state index is -1.26. The summed E-state index contributed by atoms with van der Waals surface area (Å²) in [6.45, 7) is 0. The van der Waals surface area contributed by atoms with Gasteiger partial charge in [0, 0.05) is 19.2 Å². The first-order chi connectivity index (χ1) is 12.3. The van der Waals surface area contributed by atoms with E-state index >= 15 is 0 Å². The zero-order valence-corrected chi connectivity index (χ0v) is 14.3. The van der Waals surface area contributed by atoms with E-state index in [-0.39, 0.29) is 6.04 Å². The van der Waals surface area contributed by atoms with Crippen LogP contribution in [0.2, 0.25) is 0 Å². The van der Waals surface area contributed by atoms with Crippen LogP contribution in [-0.2, 0) is 9.59 Å². The number of rotatable bonds is 6. The Morgan fingerprint density at radius 1 is 0.885 bits per heavy atom. The third-order valence-corrected chi connectivity index (χ3v) is 3.39. The van der Waals surface area contributed by atoms with Gasteiger partial charge in [-0.1, -0.05) is 60.7 Å². The average molecular weight is 358 g/mol. The molecule has 0 saturated heterocycles. The minimum Gasteiger partial charge on any atom is -0.478 e. The summed E-state index contributed by atoms with van der Waals surface area (Å²) in [5.74, 6) is 3.37. The number of aliphatic hydroxyl groups excluding tert-OH is 1. The number of hydrogen-bond acceptors (Lipinski definition) is 5. The molecule has 0 amide bonds. The molecule has 0 radical (unpaired) electrons. The summed E-state index contributed by atoms with van der Waals surface area (Å²) in [5.41, 5.74) is 1.86. The lowest BCUT2D eigenvalue weighted by Crippen LogP contribution is -2.35. The molecular formula is C19H22N2O5. The largest absolute Gasteiger partial charge is 0.478 e. The Hall–Kier alpha value is -3.00. The Bertz CT molecular complexity index is 701. The van der Waals surface area contributed by atoms with Crippen molar-refractivity contribution in [1.29, 1.82) is 0 Å². The highest BCUT2D eigenvalue weighted by molar-refractivity contribution is 5.89. The number of likely N-dealkylation sites (N-methyl/N-ethyl adjacent to an activating group) is 1. The van der Waals surface area contributed by atoms with Gasteiger partial charge in [0.1, 0.15) is 0 Å². The standard InChI is InChI=1S/C15H18N2O.C4H4O4/c1-17(16)14(12-8-4-2-5-9-12)15(18)13-10-6-3-7-11-13;5-3(6)1-2-4(7)8/h2-11,14-15,18H,16H2,1H3;1-2H,(H,5,6)(H,7,8)/b;2-1+/t14-,15-;/m1./s1. The Kier molecular flexibility index (Phi) is 8.72. The van der Waals surface area contributed by atoms with E-state index in [9.17, 15) is 14.7 Å². The molecule has 7 heteroatoms. The predicted molar refractivity (Wildman–Crippen MR) is 96.9 cm³/mol. The van der Waals surface area contributed by atoms with Crippen LogP contribution in [0.25, 0.3) is 0 Å². The van der Waals surface area contributed by atoms with E-state index in [1.165, 1.54) is 0 Å². The van der Waals surface area contributed by atoms with E-state index in [0.29, 0.717) is 12.2 Å². The lowest BCUT2D eigenvalue weighted by molar-refractivity contribution is -0.134. The summed E-state index contributed by atoms with van der Waals surface area (Å²) in [6, 6.07) is 19.1. The van der Waals surface area contributed by atoms with Crippen LogP contribution in [-0.4, -0.2) is 39.3 Å². The predicted octanol–water partition coefficient (Wildman–Crippen LogP) is 1.98. The second kappa shape index (κ2) is 10.8. The lowest BCUT2D eigenvalue weighted by Gasteiger charge is -2.29. The number of nitrogens with zero attached hydrogens (tertiary/aromatic N) is 1. The van der Waals surface area contributed by atoms with Crippen LogP contribution < -0.4 is 5.84 Å². The molecule has 0 unspecified atom stereocenters. The summed E-state index contributed by atoms with van der Waals surface area (Å²) in [5, 5.41) is 27.7. The normalized spacial score (nSPS) is 12.9. The highest BCUT2D eigenvalue weighted by Crippen LogP contribution is 2.31. The number of nitrogens with two attached hydrogens (primary N) is 1. The first-order valence-electron chi connectivity index (χ1n) is 7.72. The van der Waals surface area contributed by atoms with Crippen LogP contribution >= 0.6 is 0 Å². The first-order valence-corrected chi connectivity index (χ1v) is 7.72. The van der Waals surface area contributed by atoms with Gasteiger partial charge in [-0.3, -0.25) is 5.84 Å². The Morgan fingerprint density at radius 3 is 1.62 bits per heavy atom. The molecule has 26 heavy (non-hydrogen) atoms. The van der Waals surface area contributed by atoms with E-state index < -0.39 is 18.0 Å². The molecule has 2 aromatic carbocycles. The number of hydrogen-bond donors (Lipinski definition) is 4. The van der Waals surface area contributed by atoms with Crippen molar-refractivity contribution in [2.24, 2.45) is 5.84 Å². The van der Waals surface area contributed by atoms with Gasteiger partial charge in [0.05, 0.1) is 12.1 Å². The molecule has 0 aliphatic rings. The SMILES string of the molecule is CN(N)[C@H](c1ccccc1)[C@H](O)c1ccccc1.O=C(O)/C=C/C(=O)O. The van der Waals surface area contributed by atoms with Gasteiger partial charge in [0.15, 0.2) is 0 Å². The Labute approximate surface area is 151 Å². The van der Waals surface area contributed by atoms with Crippen molar-refractivity contribution in [2.45, 2.75) is 12.1 Å². The van der Waals surface area contributed by atoms with Crippen molar-refractivity contribution in [1.82, 2.24) is 5.01 Å². The van der Waals surface area contributed by atoms with E-state index in [2.05, 4.69) is 0 Å². The molecule has 0 aliphatic heterocycles. The van der Waals surface area contributed by atoms with Gasteiger partial charge in [0.2, 0.25) is 0 Å². The zero-order valence-electron chi connectivity index (χ0n) is 14.3. The van der Waals surface area contributed by atoms with Gasteiger partial charge in [-0.25, -0.2) is 14.6 Å². The second-order valence-electron chi connectivity index (χ2n) is 5.39. The third kappa shape index (κ3) is 7.27. The fraction of sp³-hybridized carbons (Fsp3) is 0.158. The summed E-state index contributed by atoms with van der Waals surface area (Å²) < 4.78 is 0. The van der Waals surface area contributed by atoms with Crippen LogP contribution in [0.4, 0.5) is 0 Å². The zero-order chi connectivity index (χ0) is 19.5. The highest BCUT2D eigenvalue weighted by atomic mass is 16.4. The van der Waals surface area contributed by atoms with Crippen molar-refractivity contribution in [3.63, 3.8) is 0 Å². The first kappa shape index (κ1) is 21.0. The van der Waals surface area contributed by atoms with Crippen LogP contribution in [0, 0.1) is 0 Å². The van der Waals surface area contributed by atoms with E-state index in [0.717, 1.165) is 11.1 Å². The Morgan fingerprint density at radius 2 is 1.27 bits per heavy atom. The average Bonchev–Trinajstić information content (AvgIpc) is 2.62. The molecule has 0 aromatic heterocycles. The van der Waals surface area contributed by atoms with Gasteiger partial charge >= 0.3 is 11.9 Å². The van der Waals surface area contributed by atoms with Crippen LogP contribution in [0.1, 0.15) is 23.3 Å². The molecule has 0 aliphatic carbocycles. The second-order valence-corrected chi connectivity index (χ2v) is 5.39. The third-order valence-electron chi connectivity index (χ3n) is 3.39. The molecule has 7 nitrogen and oxygen atoms in total. The molecule has 0 fully saturated rings. The van der Waals surface area contributed by atoms with E-state index in [1.807, 2.05) is 60.7 Å². The summed E-state index contributed by atoms with van der Waals surface area (Å²) in [4.78, 5) is 19.1. The molecular weight excluding hydrogens is 336 g/mol. The molecule has 2 rings (SSSR count). The van der Waals surface area contributed by atoms with Gasteiger partial charge in [0.25, 0.3) is 0 Å². The molecule has 0 spiro atoms. The number of hydrazine groups is 1. The maximum atomic E-state index is 10.5. The number of carboxylic acid groups (broad SMARTS) is 2. The molecule has 2 aromatic rings. The molecule has 0 heterocycles. The summed E-state index contributed by atoms with van der Waals surface area (Å²) in [6.07, 6.45) is 0.466. The number of carbonyl (C=O) groups is 2. The molecule has 5 N–H and O–H groups in total. The fourth-order valence-electron chi connectivity index (χ4n) is 2.27. The number of aliphatic hydroxyl groups is 1. The summed E-state index contributed by atoms with van der Waals surface area (Å²) >= 11 is 0. The number of carboxylic acids is 2. The smallest absolute Gasteiger partial charge is 0.328 e. The highest BCUT2D eigenvalue weighted by Gasteiger charge is 2.24. The topological polar surface area (TPSA) is 124 Å². The fourth-order valence-corrected chi connectivity index (χ4v) is 2.27. The van der Waals surface area contributed by atoms with Crippen molar-refractivity contribution < 1.29 is 24.9 Å². The Balaban J connectivity index is 0.000000359. The van der Waals surface area contributed by atoms with Crippen molar-refractivity contribution >= 4 is 11.9 Å².